The number of rotatable bonds is 12. The Labute approximate surface area is 253 Å². The third kappa shape index (κ3) is 7.03. The normalized spacial score (nSPS) is 24.2. The first-order valence-corrected chi connectivity index (χ1v) is 17.9. The van der Waals surface area contributed by atoms with Crippen molar-refractivity contribution >= 4 is 37.1 Å². The van der Waals surface area contributed by atoms with Crippen LogP contribution in [0.2, 0.25) is 0 Å². The smallest absolute Gasteiger partial charge is 0.220 e. The standard InChI is InChI=1S/C36H42O4P2/c1-5-37-35(3)36(4,38-6-2)40-34(28-42(31-23-15-9-16-24-31)32-25-17-10-18-26-32)33(39-35)27-41(29-19-11-7-12-20-29)30-21-13-8-14-22-30/h7-26,33-34H,5-6,27-28H2,1-4H3. The second kappa shape index (κ2) is 14.4. The van der Waals surface area contributed by atoms with Gasteiger partial charge in [0.2, 0.25) is 11.6 Å². The quantitative estimate of drug-likeness (QED) is 0.173. The Morgan fingerprint density at radius 2 is 0.762 bits per heavy atom. The van der Waals surface area contributed by atoms with E-state index in [0.29, 0.717) is 13.2 Å². The van der Waals surface area contributed by atoms with Crippen molar-refractivity contribution in [3.63, 3.8) is 0 Å². The monoisotopic (exact) mass is 600 g/mol. The van der Waals surface area contributed by atoms with Crippen LogP contribution in [-0.2, 0) is 18.9 Å². The molecule has 1 saturated heterocycles. The fourth-order valence-corrected chi connectivity index (χ4v) is 10.6. The lowest BCUT2D eigenvalue weighted by Crippen LogP contribution is -2.67. The Bertz CT molecular complexity index is 1170. The van der Waals surface area contributed by atoms with Gasteiger partial charge in [-0.1, -0.05) is 121 Å². The number of hydrogen-bond acceptors (Lipinski definition) is 4. The lowest BCUT2D eigenvalue weighted by Gasteiger charge is -2.53. The fraction of sp³-hybridized carbons (Fsp3) is 0.333. The van der Waals surface area contributed by atoms with E-state index in [0.717, 1.165) is 12.3 Å². The first-order chi connectivity index (χ1) is 20.5. The second-order valence-electron chi connectivity index (χ2n) is 10.6. The molecule has 0 N–H and O–H groups in total. The molecule has 0 radical (unpaired) electrons. The summed E-state index contributed by atoms with van der Waals surface area (Å²) >= 11 is 0. The predicted octanol–water partition coefficient (Wildman–Crippen LogP) is 6.54. The molecule has 220 valence electrons. The lowest BCUT2D eigenvalue weighted by molar-refractivity contribution is -0.450. The van der Waals surface area contributed by atoms with Crippen molar-refractivity contribution in [3.05, 3.63) is 121 Å². The van der Waals surface area contributed by atoms with Gasteiger partial charge in [0.1, 0.15) is 0 Å². The summed E-state index contributed by atoms with van der Waals surface area (Å²) in [5.41, 5.74) is 0. The summed E-state index contributed by atoms with van der Waals surface area (Å²) in [7, 11) is -1.43. The van der Waals surface area contributed by atoms with Crippen LogP contribution in [0.4, 0.5) is 0 Å². The minimum Gasteiger partial charge on any atom is -0.346 e. The highest BCUT2D eigenvalue weighted by molar-refractivity contribution is 7.73. The molecule has 4 aromatic carbocycles. The van der Waals surface area contributed by atoms with Crippen LogP contribution in [-0.4, -0.2) is 49.3 Å². The summed E-state index contributed by atoms with van der Waals surface area (Å²) in [6.45, 7) is 8.92. The molecule has 4 aromatic rings. The molecule has 0 aromatic heterocycles. The molecule has 42 heavy (non-hydrogen) atoms. The van der Waals surface area contributed by atoms with Gasteiger partial charge < -0.3 is 18.9 Å². The Hall–Kier alpha value is -2.42. The van der Waals surface area contributed by atoms with Crippen molar-refractivity contribution in [1.82, 2.24) is 0 Å². The summed E-state index contributed by atoms with van der Waals surface area (Å²) in [6, 6.07) is 43.3. The average molecular weight is 601 g/mol. The van der Waals surface area contributed by atoms with Crippen molar-refractivity contribution in [3.8, 4) is 0 Å². The topological polar surface area (TPSA) is 36.9 Å². The van der Waals surface area contributed by atoms with E-state index in [1.54, 1.807) is 0 Å². The minimum atomic E-state index is -1.06. The van der Waals surface area contributed by atoms with Crippen LogP contribution < -0.4 is 21.2 Å². The first kappa shape index (κ1) is 31.0. The molecular weight excluding hydrogens is 558 g/mol. The number of hydrogen-bond donors (Lipinski definition) is 0. The van der Waals surface area contributed by atoms with E-state index in [-0.39, 0.29) is 12.2 Å². The highest BCUT2D eigenvalue weighted by Gasteiger charge is 2.57. The Kier molecular flexibility index (Phi) is 10.6. The zero-order valence-electron chi connectivity index (χ0n) is 25.1. The molecule has 4 atom stereocenters. The minimum absolute atomic E-state index is 0.209. The summed E-state index contributed by atoms with van der Waals surface area (Å²) in [5.74, 6) is -2.12. The fourth-order valence-electron chi connectivity index (χ4n) is 5.65. The van der Waals surface area contributed by atoms with Gasteiger partial charge in [0.25, 0.3) is 0 Å². The second-order valence-corrected chi connectivity index (χ2v) is 15.1. The van der Waals surface area contributed by atoms with Crippen LogP contribution in [0.5, 0.6) is 0 Å². The largest absolute Gasteiger partial charge is 0.346 e. The van der Waals surface area contributed by atoms with Crippen molar-refractivity contribution in [2.45, 2.75) is 51.5 Å². The highest BCUT2D eigenvalue weighted by atomic mass is 31.1. The van der Waals surface area contributed by atoms with Crippen LogP contribution in [0.3, 0.4) is 0 Å². The van der Waals surface area contributed by atoms with Crippen LogP contribution in [0, 0.1) is 0 Å². The molecule has 0 bridgehead atoms. The predicted molar refractivity (Wildman–Crippen MR) is 178 cm³/mol. The summed E-state index contributed by atoms with van der Waals surface area (Å²) in [4.78, 5) is 0. The van der Waals surface area contributed by atoms with Gasteiger partial charge in [0.15, 0.2) is 0 Å². The zero-order valence-corrected chi connectivity index (χ0v) is 26.8. The van der Waals surface area contributed by atoms with Gasteiger partial charge in [-0.15, -0.1) is 0 Å². The van der Waals surface area contributed by atoms with Crippen molar-refractivity contribution in [2.24, 2.45) is 0 Å². The SMILES string of the molecule is CCOC1(C)OC(CP(c2ccccc2)c2ccccc2)C(CP(c2ccccc2)c2ccccc2)OC1(C)OCC. The lowest BCUT2D eigenvalue weighted by atomic mass is 10.0. The van der Waals surface area contributed by atoms with E-state index in [9.17, 15) is 0 Å². The molecule has 1 aliphatic heterocycles. The Balaban J connectivity index is 1.57. The van der Waals surface area contributed by atoms with E-state index in [1.807, 2.05) is 27.7 Å². The van der Waals surface area contributed by atoms with E-state index in [2.05, 4.69) is 121 Å². The molecular formula is C36H42O4P2. The average Bonchev–Trinajstić information content (AvgIpc) is 3.03. The van der Waals surface area contributed by atoms with E-state index >= 15 is 0 Å². The highest BCUT2D eigenvalue weighted by Crippen LogP contribution is 2.47. The van der Waals surface area contributed by atoms with Crippen LogP contribution in [0.25, 0.3) is 0 Å². The molecule has 4 unspecified atom stereocenters. The van der Waals surface area contributed by atoms with Crippen molar-refractivity contribution < 1.29 is 18.9 Å². The molecule has 1 aliphatic rings. The first-order valence-electron chi connectivity index (χ1n) is 14.8. The van der Waals surface area contributed by atoms with Gasteiger partial charge in [-0.3, -0.25) is 0 Å². The molecule has 1 heterocycles. The Morgan fingerprint density at radius 1 is 0.500 bits per heavy atom. The van der Waals surface area contributed by atoms with Crippen LogP contribution in [0.1, 0.15) is 27.7 Å². The maximum Gasteiger partial charge on any atom is 0.220 e. The van der Waals surface area contributed by atoms with Crippen LogP contribution >= 0.6 is 15.8 Å². The van der Waals surface area contributed by atoms with Crippen molar-refractivity contribution in [2.75, 3.05) is 25.5 Å². The molecule has 0 saturated carbocycles. The third-order valence-corrected chi connectivity index (χ3v) is 13.0. The molecule has 5 rings (SSSR count). The van der Waals surface area contributed by atoms with Gasteiger partial charge in [-0.2, -0.15) is 0 Å². The molecule has 0 spiro atoms. The van der Waals surface area contributed by atoms with Crippen molar-refractivity contribution in [1.29, 1.82) is 0 Å². The molecule has 1 fully saturated rings. The maximum absolute atomic E-state index is 7.10. The van der Waals surface area contributed by atoms with Gasteiger partial charge in [-0.25, -0.2) is 0 Å². The molecule has 0 aliphatic carbocycles. The summed E-state index contributed by atoms with van der Waals surface area (Å²) < 4.78 is 26.8. The molecule has 4 nitrogen and oxygen atoms in total. The number of ether oxygens (including phenoxy) is 4. The van der Waals surface area contributed by atoms with Gasteiger partial charge >= 0.3 is 0 Å². The zero-order chi connectivity index (χ0) is 29.4. The Morgan fingerprint density at radius 3 is 1.00 bits per heavy atom. The maximum atomic E-state index is 7.10. The van der Waals surface area contributed by atoms with E-state index in [4.69, 9.17) is 18.9 Å². The molecule has 6 heteroatoms. The summed E-state index contributed by atoms with van der Waals surface area (Å²) in [6.07, 6.45) is 1.20. The van der Waals surface area contributed by atoms with E-state index in [1.165, 1.54) is 21.2 Å². The number of benzene rings is 4. The summed E-state index contributed by atoms with van der Waals surface area (Å²) in [5, 5.41) is 5.30. The van der Waals surface area contributed by atoms with E-state index < -0.39 is 27.4 Å². The van der Waals surface area contributed by atoms with Gasteiger partial charge in [0.05, 0.1) is 12.2 Å². The van der Waals surface area contributed by atoms with Gasteiger partial charge in [-0.05, 0) is 64.8 Å². The third-order valence-electron chi connectivity index (χ3n) is 7.83. The van der Waals surface area contributed by atoms with Crippen LogP contribution in [0.15, 0.2) is 121 Å². The van der Waals surface area contributed by atoms with Gasteiger partial charge in [0, 0.05) is 25.5 Å². The molecule has 0 amide bonds.